The van der Waals surface area contributed by atoms with Gasteiger partial charge in [-0.1, -0.05) is 40.2 Å². The highest BCUT2D eigenvalue weighted by Crippen LogP contribution is 2.39. The fourth-order valence-corrected chi connectivity index (χ4v) is 2.84. The van der Waals surface area contributed by atoms with Gasteiger partial charge in [-0.25, -0.2) is 0 Å². The Kier molecular flexibility index (Phi) is 4.29. The predicted octanol–water partition coefficient (Wildman–Crippen LogP) is 4.73. The predicted molar refractivity (Wildman–Crippen MR) is 92.9 cm³/mol. The summed E-state index contributed by atoms with van der Waals surface area (Å²) in [5, 5.41) is 2.89. The fourth-order valence-electron chi connectivity index (χ4n) is 2.58. The van der Waals surface area contributed by atoms with Gasteiger partial charge in [-0.3, -0.25) is 4.79 Å². The third-order valence-corrected chi connectivity index (χ3v) is 4.03. The van der Waals surface area contributed by atoms with Crippen LogP contribution in [0.2, 0.25) is 0 Å². The van der Waals surface area contributed by atoms with Gasteiger partial charge in [0.1, 0.15) is 5.75 Å². The van der Waals surface area contributed by atoms with E-state index < -0.39 is 0 Å². The van der Waals surface area contributed by atoms with Crippen LogP contribution in [0, 0.1) is 0 Å². The third kappa shape index (κ3) is 3.22. The van der Waals surface area contributed by atoms with Crippen molar-refractivity contribution in [2.45, 2.75) is 13.3 Å². The maximum Gasteiger partial charge on any atom is 0.221 e. The largest absolute Gasteiger partial charge is 0.493 e. The number of carbonyl (C=O) groups excluding carboxylic acids is 1. The number of nitrogens with one attached hydrogen (secondary N) is 1. The molecule has 0 atom stereocenters. The summed E-state index contributed by atoms with van der Waals surface area (Å²) in [5.41, 5.74) is 4.08. The van der Waals surface area contributed by atoms with Crippen LogP contribution in [-0.4, -0.2) is 12.5 Å². The van der Waals surface area contributed by atoms with Crippen LogP contribution in [0.1, 0.15) is 24.5 Å². The van der Waals surface area contributed by atoms with E-state index in [1.54, 1.807) is 0 Å². The molecule has 1 aliphatic heterocycles. The molecule has 3 nitrogen and oxygen atoms in total. The van der Waals surface area contributed by atoms with Crippen molar-refractivity contribution in [1.29, 1.82) is 0 Å². The maximum atomic E-state index is 11.4. The van der Waals surface area contributed by atoms with Crippen molar-refractivity contribution in [2.24, 2.45) is 0 Å². The first-order valence-electron chi connectivity index (χ1n) is 7.13. The normalized spacial score (nSPS) is 15.1. The molecule has 1 N–H and O–H groups in total. The van der Waals surface area contributed by atoms with Crippen LogP contribution in [0.25, 0.3) is 11.6 Å². The monoisotopic (exact) mass is 357 g/mol. The average Bonchev–Trinajstić information content (AvgIpc) is 2.49. The van der Waals surface area contributed by atoms with E-state index in [-0.39, 0.29) is 5.91 Å². The Balaban J connectivity index is 2.06. The molecule has 22 heavy (non-hydrogen) atoms. The van der Waals surface area contributed by atoms with Crippen molar-refractivity contribution in [3.05, 3.63) is 58.1 Å². The summed E-state index contributed by atoms with van der Waals surface area (Å²) in [6.45, 7) is 2.17. The Morgan fingerprint density at radius 3 is 2.73 bits per heavy atom. The Bertz CT molecular complexity index is 735. The van der Waals surface area contributed by atoms with Gasteiger partial charge in [-0.15, -0.1) is 0 Å². The first-order chi connectivity index (χ1) is 10.6. The quantitative estimate of drug-likeness (QED) is 0.843. The second-order valence-electron chi connectivity index (χ2n) is 5.18. The number of anilines is 1. The highest BCUT2D eigenvalue weighted by molar-refractivity contribution is 9.10. The van der Waals surface area contributed by atoms with Crippen LogP contribution in [-0.2, 0) is 4.79 Å². The van der Waals surface area contributed by atoms with Gasteiger partial charge in [0.2, 0.25) is 5.91 Å². The number of benzene rings is 2. The minimum Gasteiger partial charge on any atom is -0.493 e. The number of halogens is 1. The Morgan fingerprint density at radius 2 is 2.00 bits per heavy atom. The summed E-state index contributed by atoms with van der Waals surface area (Å²) in [5.74, 6) is 0.739. The summed E-state index contributed by atoms with van der Waals surface area (Å²) < 4.78 is 6.79. The van der Waals surface area contributed by atoms with Gasteiger partial charge in [-0.2, -0.15) is 0 Å². The lowest BCUT2D eigenvalue weighted by atomic mass is 9.95. The number of ether oxygens (including phenoxy) is 1. The van der Waals surface area contributed by atoms with Gasteiger partial charge < -0.3 is 10.1 Å². The van der Waals surface area contributed by atoms with Gasteiger partial charge in [-0.05, 0) is 35.4 Å². The molecule has 112 valence electrons. The van der Waals surface area contributed by atoms with Crippen LogP contribution in [0.3, 0.4) is 0 Å². The summed E-state index contributed by atoms with van der Waals surface area (Å²) in [7, 11) is 0. The Labute approximate surface area is 138 Å². The van der Waals surface area contributed by atoms with Gasteiger partial charge >= 0.3 is 0 Å². The fraction of sp³-hybridized carbons (Fsp3) is 0.167. The maximum absolute atomic E-state index is 11.4. The summed E-state index contributed by atoms with van der Waals surface area (Å²) in [4.78, 5) is 11.4. The summed E-state index contributed by atoms with van der Waals surface area (Å²) >= 11 is 3.45. The molecule has 0 unspecified atom stereocenters. The van der Waals surface area contributed by atoms with Crippen molar-refractivity contribution in [3.63, 3.8) is 0 Å². The zero-order chi connectivity index (χ0) is 15.5. The summed E-state index contributed by atoms with van der Waals surface area (Å²) in [6, 6.07) is 13.9. The van der Waals surface area contributed by atoms with Gasteiger partial charge in [0.15, 0.2) is 0 Å². The van der Waals surface area contributed by atoms with Crippen molar-refractivity contribution >= 4 is 39.2 Å². The van der Waals surface area contributed by atoms with Crippen LogP contribution in [0.15, 0.2) is 46.9 Å². The van der Waals surface area contributed by atoms with Crippen LogP contribution < -0.4 is 10.1 Å². The number of carbonyl (C=O) groups is 1. The van der Waals surface area contributed by atoms with Gasteiger partial charge in [0.25, 0.3) is 0 Å². The molecule has 1 amide bonds. The van der Waals surface area contributed by atoms with E-state index in [1.165, 1.54) is 12.5 Å². The molecule has 2 aromatic carbocycles. The topological polar surface area (TPSA) is 38.3 Å². The van der Waals surface area contributed by atoms with Crippen LogP contribution >= 0.6 is 15.9 Å². The van der Waals surface area contributed by atoms with Crippen LogP contribution in [0.5, 0.6) is 5.75 Å². The van der Waals surface area contributed by atoms with E-state index in [9.17, 15) is 4.79 Å². The molecule has 0 spiro atoms. The molecule has 0 radical (unpaired) electrons. The molecule has 4 heteroatoms. The molecule has 2 aromatic rings. The smallest absolute Gasteiger partial charge is 0.221 e. The second kappa shape index (κ2) is 6.36. The van der Waals surface area contributed by atoms with Gasteiger partial charge in [0.05, 0.1) is 12.3 Å². The minimum absolute atomic E-state index is 0.0815. The summed E-state index contributed by atoms with van der Waals surface area (Å²) in [6.07, 6.45) is 2.97. The highest BCUT2D eigenvalue weighted by Gasteiger charge is 2.19. The van der Waals surface area contributed by atoms with E-state index in [1.807, 2.05) is 30.3 Å². The molecular weight excluding hydrogens is 342 g/mol. The number of fused-ring (bicyclic) bond motifs is 1. The SMILES string of the molecule is CC(=O)Nc1cccc2c1/C(=C/c1ccc(Br)cc1)CCO2. The lowest BCUT2D eigenvalue weighted by Gasteiger charge is -2.23. The lowest BCUT2D eigenvalue weighted by Crippen LogP contribution is -2.13. The van der Waals surface area contributed by atoms with Crippen molar-refractivity contribution in [3.8, 4) is 5.75 Å². The van der Waals surface area contributed by atoms with Crippen molar-refractivity contribution in [1.82, 2.24) is 0 Å². The van der Waals surface area contributed by atoms with Crippen LogP contribution in [0.4, 0.5) is 5.69 Å². The molecule has 0 bridgehead atoms. The Hall–Kier alpha value is -2.07. The third-order valence-electron chi connectivity index (χ3n) is 3.50. The molecule has 1 aliphatic rings. The molecule has 0 saturated carbocycles. The second-order valence-corrected chi connectivity index (χ2v) is 6.10. The zero-order valence-electron chi connectivity index (χ0n) is 12.2. The van der Waals surface area contributed by atoms with E-state index in [2.05, 4.69) is 39.5 Å². The number of rotatable bonds is 2. The molecule has 0 aliphatic carbocycles. The molecule has 1 heterocycles. The number of hydrogen-bond acceptors (Lipinski definition) is 2. The molecule has 0 aromatic heterocycles. The van der Waals surface area contributed by atoms with E-state index in [4.69, 9.17) is 4.74 Å². The van der Waals surface area contributed by atoms with E-state index in [0.29, 0.717) is 6.61 Å². The molecule has 3 rings (SSSR count). The first-order valence-corrected chi connectivity index (χ1v) is 7.93. The highest BCUT2D eigenvalue weighted by atomic mass is 79.9. The first kappa shape index (κ1) is 14.9. The molecular formula is C18H16BrNO2. The van der Waals surface area contributed by atoms with E-state index in [0.717, 1.165) is 33.5 Å². The standard InChI is InChI=1S/C18H16BrNO2/c1-12(21)20-16-3-2-4-17-18(16)14(9-10-22-17)11-13-5-7-15(19)8-6-13/h2-8,11H,9-10H2,1H3,(H,20,21)/b14-11+. The van der Waals surface area contributed by atoms with Gasteiger partial charge in [0, 0.05) is 23.4 Å². The molecule has 0 saturated heterocycles. The minimum atomic E-state index is -0.0815. The Morgan fingerprint density at radius 1 is 1.23 bits per heavy atom. The lowest BCUT2D eigenvalue weighted by molar-refractivity contribution is -0.114. The molecule has 0 fully saturated rings. The average molecular weight is 358 g/mol. The van der Waals surface area contributed by atoms with E-state index >= 15 is 0 Å². The number of amides is 1. The van der Waals surface area contributed by atoms with Crippen molar-refractivity contribution < 1.29 is 9.53 Å². The number of hydrogen-bond donors (Lipinski definition) is 1. The zero-order valence-corrected chi connectivity index (χ0v) is 13.8. The van der Waals surface area contributed by atoms with Crippen molar-refractivity contribution in [2.75, 3.05) is 11.9 Å².